The molecule has 1 aliphatic rings. The molecule has 2 amide bonds. The minimum absolute atomic E-state index is 0.0706. The van der Waals surface area contributed by atoms with Crippen LogP contribution in [0.4, 0.5) is 9.52 Å². The maximum atomic E-state index is 13.0. The molecule has 3 aromatic rings. The maximum Gasteiger partial charge on any atom is 0.231 e. The Morgan fingerprint density at radius 2 is 2.00 bits per heavy atom. The fraction of sp³-hybridized carbons (Fsp3) is 0.211. The second-order valence-electron chi connectivity index (χ2n) is 6.28. The van der Waals surface area contributed by atoms with Gasteiger partial charge in [-0.3, -0.25) is 9.59 Å². The monoisotopic (exact) mass is 369 g/mol. The van der Waals surface area contributed by atoms with Crippen molar-refractivity contribution in [2.24, 2.45) is 5.92 Å². The number of carbonyl (C=O) groups excluding carboxylic acids is 2. The normalized spacial score (nSPS) is 17.0. The van der Waals surface area contributed by atoms with Crippen molar-refractivity contribution in [2.75, 3.05) is 11.9 Å². The number of rotatable bonds is 4. The minimum Gasteiger partial charge on any atom is -0.338 e. The third-order valence-electron chi connectivity index (χ3n) is 4.40. The number of amides is 2. The molecule has 0 radical (unpaired) electrons. The third-order valence-corrected chi connectivity index (χ3v) is 5.35. The van der Waals surface area contributed by atoms with E-state index in [0.717, 1.165) is 15.8 Å². The molecule has 1 saturated heterocycles. The Morgan fingerprint density at radius 1 is 1.23 bits per heavy atom. The Labute approximate surface area is 153 Å². The van der Waals surface area contributed by atoms with Crippen molar-refractivity contribution in [2.45, 2.75) is 13.0 Å². The van der Waals surface area contributed by atoms with Gasteiger partial charge in [0.2, 0.25) is 11.8 Å². The molecule has 1 aromatic heterocycles. The lowest BCUT2D eigenvalue weighted by molar-refractivity contribution is -0.128. The van der Waals surface area contributed by atoms with Crippen molar-refractivity contribution in [3.63, 3.8) is 0 Å². The summed E-state index contributed by atoms with van der Waals surface area (Å²) >= 11 is 1.41. The molecule has 0 unspecified atom stereocenters. The molecule has 132 valence electrons. The van der Waals surface area contributed by atoms with E-state index in [2.05, 4.69) is 10.3 Å². The van der Waals surface area contributed by atoms with E-state index in [-0.39, 0.29) is 24.1 Å². The van der Waals surface area contributed by atoms with Crippen molar-refractivity contribution in [1.82, 2.24) is 9.88 Å². The summed E-state index contributed by atoms with van der Waals surface area (Å²) in [4.78, 5) is 30.7. The lowest BCUT2D eigenvalue weighted by atomic mass is 10.1. The van der Waals surface area contributed by atoms with Gasteiger partial charge in [-0.25, -0.2) is 9.37 Å². The largest absolute Gasteiger partial charge is 0.338 e. The first-order valence-electron chi connectivity index (χ1n) is 8.27. The number of para-hydroxylation sites is 1. The topological polar surface area (TPSA) is 62.3 Å². The average Bonchev–Trinajstić information content (AvgIpc) is 3.20. The Balaban J connectivity index is 1.40. The van der Waals surface area contributed by atoms with Crippen molar-refractivity contribution >= 4 is 38.5 Å². The predicted octanol–water partition coefficient (Wildman–Crippen LogP) is 3.42. The smallest absolute Gasteiger partial charge is 0.231 e. The van der Waals surface area contributed by atoms with Crippen molar-refractivity contribution in [3.05, 3.63) is 59.9 Å². The van der Waals surface area contributed by atoms with Gasteiger partial charge in [0.05, 0.1) is 16.1 Å². The fourth-order valence-corrected chi connectivity index (χ4v) is 3.91. The zero-order chi connectivity index (χ0) is 18.1. The minimum atomic E-state index is -0.407. The van der Waals surface area contributed by atoms with E-state index in [1.54, 1.807) is 17.0 Å². The van der Waals surface area contributed by atoms with Gasteiger partial charge in [-0.15, -0.1) is 0 Å². The zero-order valence-electron chi connectivity index (χ0n) is 13.8. The van der Waals surface area contributed by atoms with Gasteiger partial charge in [-0.1, -0.05) is 35.6 Å². The number of nitrogens with zero attached hydrogens (tertiary/aromatic N) is 2. The number of benzene rings is 2. The molecule has 1 N–H and O–H groups in total. The van der Waals surface area contributed by atoms with E-state index in [9.17, 15) is 14.0 Å². The van der Waals surface area contributed by atoms with Gasteiger partial charge < -0.3 is 10.2 Å². The quantitative estimate of drug-likeness (QED) is 0.766. The zero-order valence-corrected chi connectivity index (χ0v) is 14.6. The van der Waals surface area contributed by atoms with Crippen molar-refractivity contribution < 1.29 is 14.0 Å². The van der Waals surface area contributed by atoms with Crippen LogP contribution in [-0.4, -0.2) is 28.2 Å². The van der Waals surface area contributed by atoms with Crippen LogP contribution in [0, 0.1) is 11.7 Å². The Morgan fingerprint density at radius 3 is 2.77 bits per heavy atom. The molecule has 26 heavy (non-hydrogen) atoms. The highest BCUT2D eigenvalue weighted by molar-refractivity contribution is 7.22. The average molecular weight is 369 g/mol. The van der Waals surface area contributed by atoms with Gasteiger partial charge in [0, 0.05) is 19.5 Å². The summed E-state index contributed by atoms with van der Waals surface area (Å²) in [6.07, 6.45) is 0.178. The Kier molecular flexibility index (Phi) is 4.38. The molecular formula is C19H16FN3O2S. The number of nitrogens with one attached hydrogen (secondary N) is 1. The number of hydrogen-bond donors (Lipinski definition) is 1. The number of carbonyl (C=O) groups is 2. The van der Waals surface area contributed by atoms with Crippen LogP contribution in [-0.2, 0) is 16.1 Å². The van der Waals surface area contributed by atoms with Crippen LogP contribution in [0.1, 0.15) is 12.0 Å². The highest BCUT2D eigenvalue weighted by Crippen LogP contribution is 2.27. The van der Waals surface area contributed by atoms with Gasteiger partial charge in [-0.05, 0) is 29.8 Å². The summed E-state index contributed by atoms with van der Waals surface area (Å²) in [5.41, 5.74) is 1.68. The first-order chi connectivity index (χ1) is 12.6. The summed E-state index contributed by atoms with van der Waals surface area (Å²) in [5, 5.41) is 3.37. The molecular weight excluding hydrogens is 353 g/mol. The molecule has 4 rings (SSSR count). The fourth-order valence-electron chi connectivity index (χ4n) is 3.04. The van der Waals surface area contributed by atoms with E-state index in [0.29, 0.717) is 18.2 Å². The number of fused-ring (bicyclic) bond motifs is 1. The molecule has 0 saturated carbocycles. The van der Waals surface area contributed by atoms with Gasteiger partial charge >= 0.3 is 0 Å². The number of likely N-dealkylation sites (tertiary alicyclic amines) is 1. The van der Waals surface area contributed by atoms with Crippen molar-refractivity contribution in [3.8, 4) is 0 Å². The molecule has 5 nitrogen and oxygen atoms in total. The van der Waals surface area contributed by atoms with E-state index in [4.69, 9.17) is 0 Å². The number of thiazole rings is 1. The van der Waals surface area contributed by atoms with Crippen LogP contribution in [0.3, 0.4) is 0 Å². The number of halogens is 1. The second kappa shape index (κ2) is 6.84. The predicted molar refractivity (Wildman–Crippen MR) is 98.2 cm³/mol. The van der Waals surface area contributed by atoms with Crippen LogP contribution >= 0.6 is 11.3 Å². The number of anilines is 1. The molecule has 1 atom stereocenters. The first kappa shape index (κ1) is 16.7. The summed E-state index contributed by atoms with van der Waals surface area (Å²) in [6, 6.07) is 13.7. The highest BCUT2D eigenvalue weighted by Gasteiger charge is 2.34. The standard InChI is InChI=1S/C19H16FN3O2S/c20-14-7-5-12(6-8-14)10-23-11-13(9-17(23)24)18(25)22-19-21-15-3-1-2-4-16(15)26-19/h1-8,13H,9-11H2,(H,21,22,25)/t13-/m0/s1. The van der Waals surface area contributed by atoms with Crippen LogP contribution < -0.4 is 5.32 Å². The molecule has 0 aliphatic carbocycles. The van der Waals surface area contributed by atoms with Gasteiger partial charge in [0.25, 0.3) is 0 Å². The molecule has 7 heteroatoms. The molecule has 2 heterocycles. The number of aromatic nitrogens is 1. The van der Waals surface area contributed by atoms with Gasteiger partial charge in [0.15, 0.2) is 5.13 Å². The summed E-state index contributed by atoms with van der Waals surface area (Å²) in [6.45, 7) is 0.733. The summed E-state index contributed by atoms with van der Waals surface area (Å²) in [5.74, 6) is -0.984. The molecule has 1 aliphatic heterocycles. The maximum absolute atomic E-state index is 13.0. The molecule has 0 bridgehead atoms. The molecule has 1 fully saturated rings. The highest BCUT2D eigenvalue weighted by atomic mass is 32.1. The summed E-state index contributed by atoms with van der Waals surface area (Å²) < 4.78 is 14.0. The summed E-state index contributed by atoms with van der Waals surface area (Å²) in [7, 11) is 0. The number of hydrogen-bond acceptors (Lipinski definition) is 4. The lowest BCUT2D eigenvalue weighted by Gasteiger charge is -2.16. The van der Waals surface area contributed by atoms with E-state index < -0.39 is 5.92 Å². The Hall–Kier alpha value is -2.80. The Bertz CT molecular complexity index is 937. The van der Waals surface area contributed by atoms with E-state index >= 15 is 0 Å². The molecule has 0 spiro atoms. The van der Waals surface area contributed by atoms with Crippen LogP contribution in [0.25, 0.3) is 10.2 Å². The van der Waals surface area contributed by atoms with Crippen LogP contribution in [0.5, 0.6) is 0 Å². The SMILES string of the molecule is O=C(Nc1nc2ccccc2s1)[C@H]1CC(=O)N(Cc2ccc(F)cc2)C1. The second-order valence-corrected chi connectivity index (χ2v) is 7.31. The van der Waals surface area contributed by atoms with Crippen LogP contribution in [0.15, 0.2) is 48.5 Å². The molecule has 2 aromatic carbocycles. The van der Waals surface area contributed by atoms with Crippen LogP contribution in [0.2, 0.25) is 0 Å². The van der Waals surface area contributed by atoms with Crippen molar-refractivity contribution in [1.29, 1.82) is 0 Å². The van der Waals surface area contributed by atoms with Gasteiger partial charge in [-0.2, -0.15) is 0 Å². The first-order valence-corrected chi connectivity index (χ1v) is 9.09. The van der Waals surface area contributed by atoms with E-state index in [1.807, 2.05) is 24.3 Å². The lowest BCUT2D eigenvalue weighted by Crippen LogP contribution is -2.28. The van der Waals surface area contributed by atoms with Gasteiger partial charge in [0.1, 0.15) is 5.82 Å². The van der Waals surface area contributed by atoms with E-state index in [1.165, 1.54) is 23.5 Å². The third kappa shape index (κ3) is 3.43.